The fraction of sp³-hybridized carbons (Fsp3) is 0.368. The Kier molecular flexibility index (Phi) is 4.05. The highest BCUT2D eigenvalue weighted by molar-refractivity contribution is 5.96. The molecule has 2 aromatic rings. The van der Waals surface area contributed by atoms with Gasteiger partial charge in [0, 0.05) is 32.1 Å². The monoisotopic (exact) mass is 339 g/mol. The molecular weight excluding hydrogens is 318 g/mol. The molecule has 3 heterocycles. The minimum atomic E-state index is -0.516. The number of likely N-dealkylation sites (tertiary alicyclic amines) is 1. The summed E-state index contributed by atoms with van der Waals surface area (Å²) in [6, 6.07) is 10.8. The van der Waals surface area contributed by atoms with E-state index in [0.717, 1.165) is 17.5 Å². The standard InChI is InChI=1S/C19H21N3O3/c20-15-7-8-21(12-15)18(23)16-10-13-4-1-2-5-14(13)11-22(16)19(24)17-6-3-9-25-17/h1-6,9,15-16H,7-8,10-12,20H2/t15-,16?/m1/s1. The second-order valence-electron chi connectivity index (χ2n) is 6.73. The number of amides is 2. The van der Waals surface area contributed by atoms with E-state index in [1.165, 1.54) is 6.26 Å². The van der Waals surface area contributed by atoms with Gasteiger partial charge in [0.05, 0.1) is 6.26 Å². The smallest absolute Gasteiger partial charge is 0.290 e. The van der Waals surface area contributed by atoms with Gasteiger partial charge < -0.3 is 20.0 Å². The van der Waals surface area contributed by atoms with E-state index >= 15 is 0 Å². The van der Waals surface area contributed by atoms with Crippen LogP contribution >= 0.6 is 0 Å². The van der Waals surface area contributed by atoms with Crippen molar-refractivity contribution in [3.8, 4) is 0 Å². The molecule has 1 aromatic carbocycles. The summed E-state index contributed by atoms with van der Waals surface area (Å²) in [6.45, 7) is 1.62. The first-order chi connectivity index (χ1) is 12.1. The molecule has 2 atom stereocenters. The Hall–Kier alpha value is -2.60. The zero-order valence-electron chi connectivity index (χ0n) is 13.9. The Morgan fingerprint density at radius 2 is 1.92 bits per heavy atom. The predicted molar refractivity (Wildman–Crippen MR) is 91.7 cm³/mol. The van der Waals surface area contributed by atoms with E-state index < -0.39 is 6.04 Å². The molecule has 2 aliphatic rings. The fourth-order valence-electron chi connectivity index (χ4n) is 3.70. The van der Waals surface area contributed by atoms with Crippen molar-refractivity contribution in [2.24, 2.45) is 5.73 Å². The third-order valence-corrected chi connectivity index (χ3v) is 5.06. The number of nitrogens with two attached hydrogens (primary N) is 1. The van der Waals surface area contributed by atoms with E-state index in [1.807, 2.05) is 24.3 Å². The maximum absolute atomic E-state index is 13.1. The van der Waals surface area contributed by atoms with Gasteiger partial charge in [0.15, 0.2) is 5.76 Å². The molecule has 1 unspecified atom stereocenters. The molecule has 1 fully saturated rings. The van der Waals surface area contributed by atoms with Gasteiger partial charge >= 0.3 is 0 Å². The molecule has 4 rings (SSSR count). The number of hydrogen-bond acceptors (Lipinski definition) is 4. The van der Waals surface area contributed by atoms with Gasteiger partial charge in [-0.05, 0) is 29.7 Å². The summed E-state index contributed by atoms with van der Waals surface area (Å²) in [7, 11) is 0. The average Bonchev–Trinajstić information content (AvgIpc) is 3.31. The zero-order chi connectivity index (χ0) is 17.4. The van der Waals surface area contributed by atoms with Crippen LogP contribution in [0.1, 0.15) is 28.1 Å². The summed E-state index contributed by atoms with van der Waals surface area (Å²) >= 11 is 0. The first kappa shape index (κ1) is 15.9. The van der Waals surface area contributed by atoms with Gasteiger partial charge in [-0.15, -0.1) is 0 Å². The first-order valence-electron chi connectivity index (χ1n) is 8.59. The molecule has 0 spiro atoms. The number of nitrogens with zero attached hydrogens (tertiary/aromatic N) is 2. The van der Waals surface area contributed by atoms with Crippen LogP contribution in [0.3, 0.4) is 0 Å². The van der Waals surface area contributed by atoms with Crippen molar-refractivity contribution in [1.29, 1.82) is 0 Å². The number of carbonyl (C=O) groups excluding carboxylic acids is 2. The van der Waals surface area contributed by atoms with Gasteiger partial charge in [0.1, 0.15) is 6.04 Å². The maximum Gasteiger partial charge on any atom is 0.290 e. The Bertz CT molecular complexity index is 787. The molecule has 0 radical (unpaired) electrons. The molecule has 2 amide bonds. The van der Waals surface area contributed by atoms with Crippen molar-refractivity contribution in [3.05, 3.63) is 59.5 Å². The molecule has 2 N–H and O–H groups in total. The normalized spacial score (nSPS) is 22.8. The van der Waals surface area contributed by atoms with Crippen molar-refractivity contribution in [2.75, 3.05) is 13.1 Å². The summed E-state index contributed by atoms with van der Waals surface area (Å²) in [5, 5.41) is 0. The topological polar surface area (TPSA) is 79.8 Å². The number of fused-ring (bicyclic) bond motifs is 1. The van der Waals surface area contributed by atoms with Crippen molar-refractivity contribution in [1.82, 2.24) is 9.80 Å². The fourth-order valence-corrected chi connectivity index (χ4v) is 3.70. The maximum atomic E-state index is 13.1. The van der Waals surface area contributed by atoms with Crippen LogP contribution in [0.2, 0.25) is 0 Å². The van der Waals surface area contributed by atoms with E-state index in [9.17, 15) is 9.59 Å². The Balaban J connectivity index is 1.66. The Morgan fingerprint density at radius 1 is 1.12 bits per heavy atom. The van der Waals surface area contributed by atoms with Crippen LogP contribution in [0.25, 0.3) is 0 Å². The molecule has 1 saturated heterocycles. The van der Waals surface area contributed by atoms with Gasteiger partial charge in [0.2, 0.25) is 5.91 Å². The summed E-state index contributed by atoms with van der Waals surface area (Å²) in [5.41, 5.74) is 8.14. The summed E-state index contributed by atoms with van der Waals surface area (Å²) in [5.74, 6) is -0.0148. The van der Waals surface area contributed by atoms with E-state index in [-0.39, 0.29) is 23.6 Å². The molecule has 0 aliphatic carbocycles. The van der Waals surface area contributed by atoms with E-state index in [0.29, 0.717) is 26.1 Å². The molecule has 6 heteroatoms. The number of rotatable bonds is 2. The molecule has 6 nitrogen and oxygen atoms in total. The van der Waals surface area contributed by atoms with Crippen LogP contribution in [0, 0.1) is 0 Å². The largest absolute Gasteiger partial charge is 0.459 e. The summed E-state index contributed by atoms with van der Waals surface area (Å²) in [6.07, 6.45) is 2.80. The van der Waals surface area contributed by atoms with Gasteiger partial charge in [-0.25, -0.2) is 0 Å². The van der Waals surface area contributed by atoms with Crippen LogP contribution < -0.4 is 5.73 Å². The molecule has 130 valence electrons. The molecular formula is C19H21N3O3. The summed E-state index contributed by atoms with van der Waals surface area (Å²) < 4.78 is 5.27. The number of carbonyl (C=O) groups is 2. The Labute approximate surface area is 146 Å². The summed E-state index contributed by atoms with van der Waals surface area (Å²) in [4.78, 5) is 29.4. The lowest BCUT2D eigenvalue weighted by Gasteiger charge is -2.37. The van der Waals surface area contributed by atoms with Gasteiger partial charge in [-0.3, -0.25) is 9.59 Å². The number of furan rings is 1. The van der Waals surface area contributed by atoms with Crippen molar-refractivity contribution < 1.29 is 14.0 Å². The van der Waals surface area contributed by atoms with Crippen molar-refractivity contribution in [2.45, 2.75) is 31.5 Å². The lowest BCUT2D eigenvalue weighted by Crippen LogP contribution is -2.53. The third-order valence-electron chi connectivity index (χ3n) is 5.06. The van der Waals surface area contributed by atoms with E-state index in [2.05, 4.69) is 0 Å². The molecule has 25 heavy (non-hydrogen) atoms. The number of hydrogen-bond donors (Lipinski definition) is 1. The molecule has 2 aliphatic heterocycles. The van der Waals surface area contributed by atoms with Crippen LogP contribution in [0.4, 0.5) is 0 Å². The highest BCUT2D eigenvalue weighted by atomic mass is 16.3. The van der Waals surface area contributed by atoms with Crippen LogP contribution in [0.15, 0.2) is 47.1 Å². The quantitative estimate of drug-likeness (QED) is 0.897. The number of benzene rings is 1. The Morgan fingerprint density at radius 3 is 2.60 bits per heavy atom. The second-order valence-corrected chi connectivity index (χ2v) is 6.73. The van der Waals surface area contributed by atoms with Gasteiger partial charge in [-0.1, -0.05) is 24.3 Å². The van der Waals surface area contributed by atoms with Crippen LogP contribution in [-0.2, 0) is 17.8 Å². The molecule has 0 saturated carbocycles. The van der Waals surface area contributed by atoms with Crippen LogP contribution in [0.5, 0.6) is 0 Å². The van der Waals surface area contributed by atoms with Crippen molar-refractivity contribution in [3.63, 3.8) is 0 Å². The van der Waals surface area contributed by atoms with Crippen molar-refractivity contribution >= 4 is 11.8 Å². The highest BCUT2D eigenvalue weighted by Gasteiger charge is 2.39. The average molecular weight is 339 g/mol. The van der Waals surface area contributed by atoms with E-state index in [4.69, 9.17) is 10.2 Å². The minimum absolute atomic E-state index is 0.0223. The predicted octanol–water partition coefficient (Wildman–Crippen LogP) is 1.41. The highest BCUT2D eigenvalue weighted by Crippen LogP contribution is 2.27. The zero-order valence-corrected chi connectivity index (χ0v) is 13.9. The lowest BCUT2D eigenvalue weighted by atomic mass is 9.93. The van der Waals surface area contributed by atoms with E-state index in [1.54, 1.807) is 21.9 Å². The minimum Gasteiger partial charge on any atom is -0.459 e. The van der Waals surface area contributed by atoms with Crippen LogP contribution in [-0.4, -0.2) is 46.8 Å². The third kappa shape index (κ3) is 2.93. The first-order valence-corrected chi connectivity index (χ1v) is 8.59. The van der Waals surface area contributed by atoms with Gasteiger partial charge in [-0.2, -0.15) is 0 Å². The van der Waals surface area contributed by atoms with Gasteiger partial charge in [0.25, 0.3) is 5.91 Å². The SMILES string of the molecule is N[C@@H]1CCN(C(=O)C2Cc3ccccc3CN2C(=O)c2ccco2)C1. The lowest BCUT2D eigenvalue weighted by molar-refractivity contribution is -0.135. The molecule has 0 bridgehead atoms. The molecule has 1 aromatic heterocycles. The second kappa shape index (κ2) is 6.37.